The van der Waals surface area contributed by atoms with Crippen LogP contribution in [0, 0.1) is 0 Å². The molecule has 1 heterocycles. The molecule has 1 aromatic rings. The fourth-order valence-electron chi connectivity index (χ4n) is 1.59. The molecule has 0 radical (unpaired) electrons. The lowest BCUT2D eigenvalue weighted by Crippen LogP contribution is -2.14. The standard InChI is InChI=1S/C13H15NO5S/c1-17-13(16)4-5-20-7-12(15)14-9-2-3-10-11(6-9)19-8-18-10/h2-3,6H,4-5,7-8H2,1H3,(H,14,15). The van der Waals surface area contributed by atoms with Crippen molar-refractivity contribution in [3.63, 3.8) is 0 Å². The zero-order valence-corrected chi connectivity index (χ0v) is 11.8. The van der Waals surface area contributed by atoms with Crippen LogP contribution in [0.1, 0.15) is 6.42 Å². The maximum Gasteiger partial charge on any atom is 0.306 e. The van der Waals surface area contributed by atoms with E-state index >= 15 is 0 Å². The second kappa shape index (κ2) is 7.04. The van der Waals surface area contributed by atoms with Gasteiger partial charge >= 0.3 is 5.97 Å². The molecule has 1 amide bonds. The number of fused-ring (bicyclic) bond motifs is 1. The van der Waals surface area contributed by atoms with Gasteiger partial charge in [0.2, 0.25) is 12.7 Å². The van der Waals surface area contributed by atoms with E-state index in [0.717, 1.165) is 0 Å². The first-order chi connectivity index (χ1) is 9.69. The molecule has 0 spiro atoms. The van der Waals surface area contributed by atoms with E-state index in [1.165, 1.54) is 18.9 Å². The second-order valence-corrected chi connectivity index (χ2v) is 5.10. The largest absolute Gasteiger partial charge is 0.469 e. The molecule has 6 nitrogen and oxygen atoms in total. The summed E-state index contributed by atoms with van der Waals surface area (Å²) < 4.78 is 14.9. The summed E-state index contributed by atoms with van der Waals surface area (Å²) in [7, 11) is 1.35. The summed E-state index contributed by atoms with van der Waals surface area (Å²) in [6, 6.07) is 5.23. The predicted octanol–water partition coefficient (Wildman–Crippen LogP) is 1.65. The van der Waals surface area contributed by atoms with Gasteiger partial charge in [-0.2, -0.15) is 11.8 Å². The van der Waals surface area contributed by atoms with Crippen molar-refractivity contribution in [1.29, 1.82) is 0 Å². The number of nitrogens with one attached hydrogen (secondary N) is 1. The van der Waals surface area contributed by atoms with Crippen LogP contribution in [0.3, 0.4) is 0 Å². The molecule has 108 valence electrons. The van der Waals surface area contributed by atoms with Crippen molar-refractivity contribution in [2.75, 3.05) is 30.7 Å². The van der Waals surface area contributed by atoms with Gasteiger partial charge in [0.15, 0.2) is 11.5 Å². The van der Waals surface area contributed by atoms with Crippen LogP contribution in [0.4, 0.5) is 5.69 Å². The number of anilines is 1. The molecule has 1 aliphatic heterocycles. The van der Waals surface area contributed by atoms with Crippen LogP contribution < -0.4 is 14.8 Å². The van der Waals surface area contributed by atoms with Gasteiger partial charge in [0.1, 0.15) is 0 Å². The highest BCUT2D eigenvalue weighted by molar-refractivity contribution is 7.99. The molecule has 0 aliphatic carbocycles. The van der Waals surface area contributed by atoms with Crippen molar-refractivity contribution < 1.29 is 23.8 Å². The SMILES string of the molecule is COC(=O)CCSCC(=O)Nc1ccc2c(c1)OCO2. The maximum absolute atomic E-state index is 11.7. The van der Waals surface area contributed by atoms with Gasteiger partial charge in [0, 0.05) is 17.5 Å². The third-order valence-electron chi connectivity index (χ3n) is 2.57. The normalized spacial score (nSPS) is 12.1. The van der Waals surface area contributed by atoms with E-state index < -0.39 is 0 Å². The van der Waals surface area contributed by atoms with Gasteiger partial charge in [0.25, 0.3) is 0 Å². The van der Waals surface area contributed by atoms with Crippen LogP contribution in [-0.2, 0) is 14.3 Å². The van der Waals surface area contributed by atoms with E-state index in [-0.39, 0.29) is 24.4 Å². The third-order valence-corrected chi connectivity index (χ3v) is 3.53. The smallest absolute Gasteiger partial charge is 0.306 e. The summed E-state index contributed by atoms with van der Waals surface area (Å²) >= 11 is 1.38. The van der Waals surface area contributed by atoms with Gasteiger partial charge < -0.3 is 19.5 Å². The predicted molar refractivity (Wildman–Crippen MR) is 75.2 cm³/mol. The summed E-state index contributed by atoms with van der Waals surface area (Å²) in [5.74, 6) is 1.75. The van der Waals surface area contributed by atoms with Gasteiger partial charge in [-0.15, -0.1) is 0 Å². The number of hydrogen-bond acceptors (Lipinski definition) is 6. The highest BCUT2D eigenvalue weighted by Crippen LogP contribution is 2.34. The Morgan fingerprint density at radius 2 is 2.15 bits per heavy atom. The van der Waals surface area contributed by atoms with Crippen LogP contribution in [0.2, 0.25) is 0 Å². The Hall–Kier alpha value is -1.89. The molecule has 0 fully saturated rings. The van der Waals surface area contributed by atoms with E-state index in [1.807, 2.05) is 0 Å². The molecule has 7 heteroatoms. The van der Waals surface area contributed by atoms with E-state index in [4.69, 9.17) is 9.47 Å². The monoisotopic (exact) mass is 297 g/mol. The number of rotatable bonds is 6. The van der Waals surface area contributed by atoms with Gasteiger partial charge in [0.05, 0.1) is 19.3 Å². The number of amides is 1. The van der Waals surface area contributed by atoms with Crippen LogP contribution in [0.5, 0.6) is 11.5 Å². The molecule has 0 aromatic heterocycles. The minimum atomic E-state index is -0.270. The van der Waals surface area contributed by atoms with E-state index in [2.05, 4.69) is 10.1 Å². The number of methoxy groups -OCH3 is 1. The van der Waals surface area contributed by atoms with Crippen molar-refractivity contribution in [3.8, 4) is 11.5 Å². The fraction of sp³-hybridized carbons (Fsp3) is 0.385. The van der Waals surface area contributed by atoms with Crippen LogP contribution >= 0.6 is 11.8 Å². The van der Waals surface area contributed by atoms with Crippen LogP contribution in [-0.4, -0.2) is 37.3 Å². The molecular weight excluding hydrogens is 282 g/mol. The maximum atomic E-state index is 11.7. The number of esters is 1. The van der Waals surface area contributed by atoms with Gasteiger partial charge in [-0.25, -0.2) is 0 Å². The van der Waals surface area contributed by atoms with Crippen molar-refractivity contribution in [3.05, 3.63) is 18.2 Å². The first-order valence-electron chi connectivity index (χ1n) is 6.03. The number of benzene rings is 1. The minimum absolute atomic E-state index is 0.126. The Bertz CT molecular complexity index is 506. The van der Waals surface area contributed by atoms with E-state index in [0.29, 0.717) is 29.4 Å². The van der Waals surface area contributed by atoms with E-state index in [9.17, 15) is 9.59 Å². The minimum Gasteiger partial charge on any atom is -0.469 e. The molecule has 0 atom stereocenters. The summed E-state index contributed by atoms with van der Waals surface area (Å²) in [4.78, 5) is 22.6. The summed E-state index contributed by atoms with van der Waals surface area (Å²) in [6.45, 7) is 0.204. The Balaban J connectivity index is 1.73. The molecule has 0 bridgehead atoms. The van der Waals surface area contributed by atoms with Crippen LogP contribution in [0.25, 0.3) is 0 Å². The Morgan fingerprint density at radius 1 is 1.35 bits per heavy atom. The average molecular weight is 297 g/mol. The van der Waals surface area contributed by atoms with Crippen molar-refractivity contribution in [2.45, 2.75) is 6.42 Å². The molecule has 0 saturated heterocycles. The molecule has 0 unspecified atom stereocenters. The zero-order valence-electron chi connectivity index (χ0n) is 11.0. The molecule has 0 saturated carbocycles. The third kappa shape index (κ3) is 4.06. The summed E-state index contributed by atoms with van der Waals surface area (Å²) in [6.07, 6.45) is 0.304. The van der Waals surface area contributed by atoms with Gasteiger partial charge in [-0.05, 0) is 12.1 Å². The highest BCUT2D eigenvalue weighted by atomic mass is 32.2. The number of hydrogen-bond donors (Lipinski definition) is 1. The highest BCUT2D eigenvalue weighted by Gasteiger charge is 2.14. The first kappa shape index (κ1) is 14.5. The number of thioether (sulfide) groups is 1. The second-order valence-electron chi connectivity index (χ2n) is 3.99. The lowest BCUT2D eigenvalue weighted by molar-refractivity contribution is -0.140. The quantitative estimate of drug-likeness (QED) is 0.636. The number of carbonyl (C=O) groups excluding carboxylic acids is 2. The summed E-state index contributed by atoms with van der Waals surface area (Å²) in [5.41, 5.74) is 0.660. The lowest BCUT2D eigenvalue weighted by atomic mass is 10.3. The average Bonchev–Trinajstić information content (AvgIpc) is 2.90. The van der Waals surface area contributed by atoms with Crippen LogP contribution in [0.15, 0.2) is 18.2 Å². The molecular formula is C13H15NO5S. The van der Waals surface area contributed by atoms with Crippen molar-refractivity contribution in [2.24, 2.45) is 0 Å². The Morgan fingerprint density at radius 3 is 2.95 bits per heavy atom. The molecule has 1 aliphatic rings. The first-order valence-corrected chi connectivity index (χ1v) is 7.18. The Kier molecular flexibility index (Phi) is 5.11. The van der Waals surface area contributed by atoms with Crippen molar-refractivity contribution >= 4 is 29.3 Å². The summed E-state index contributed by atoms with van der Waals surface area (Å²) in [5, 5.41) is 2.76. The van der Waals surface area contributed by atoms with Crippen molar-refractivity contribution in [1.82, 2.24) is 0 Å². The zero-order chi connectivity index (χ0) is 14.4. The van der Waals surface area contributed by atoms with E-state index in [1.54, 1.807) is 18.2 Å². The molecule has 1 N–H and O–H groups in total. The Labute approximate surface area is 120 Å². The molecule has 2 rings (SSSR count). The topological polar surface area (TPSA) is 73.9 Å². The number of carbonyl (C=O) groups is 2. The molecule has 20 heavy (non-hydrogen) atoms. The number of ether oxygens (including phenoxy) is 3. The lowest BCUT2D eigenvalue weighted by Gasteiger charge is -2.06. The van der Waals surface area contributed by atoms with Gasteiger partial charge in [-0.3, -0.25) is 9.59 Å². The molecule has 1 aromatic carbocycles. The van der Waals surface area contributed by atoms with Gasteiger partial charge in [-0.1, -0.05) is 0 Å². The fourth-order valence-corrected chi connectivity index (χ4v) is 2.31.